The molecule has 5 heteroatoms. The van der Waals surface area contributed by atoms with E-state index in [0.717, 1.165) is 5.56 Å². The second-order valence-corrected chi connectivity index (χ2v) is 4.35. The number of aryl methyl sites for hydroxylation is 1. The van der Waals surface area contributed by atoms with Gasteiger partial charge in [-0.1, -0.05) is 12.1 Å². The molecule has 0 aliphatic carbocycles. The van der Waals surface area contributed by atoms with E-state index < -0.39 is 17.5 Å². The maximum absolute atomic E-state index is 12.3. The van der Waals surface area contributed by atoms with Crippen LogP contribution in [0.5, 0.6) is 11.5 Å². The third kappa shape index (κ3) is 2.33. The van der Waals surface area contributed by atoms with Crippen molar-refractivity contribution in [3.05, 3.63) is 58.7 Å². The van der Waals surface area contributed by atoms with Gasteiger partial charge in [0, 0.05) is 0 Å². The van der Waals surface area contributed by atoms with Crippen molar-refractivity contribution in [2.24, 2.45) is 0 Å². The average Bonchev–Trinajstić information content (AvgIpc) is 2.37. The third-order valence-electron chi connectivity index (χ3n) is 2.90. The highest BCUT2D eigenvalue weighted by Gasteiger charge is 2.23. The number of phenols is 2. The first-order chi connectivity index (χ1) is 9.41. The number of carbonyl (C=O) groups excluding carboxylic acids is 1. The number of rotatable bonds is 3. The quantitative estimate of drug-likeness (QED) is 0.745. The van der Waals surface area contributed by atoms with Crippen molar-refractivity contribution < 1.29 is 24.9 Å². The van der Waals surface area contributed by atoms with Crippen LogP contribution in [-0.2, 0) is 0 Å². The fourth-order valence-corrected chi connectivity index (χ4v) is 1.93. The Morgan fingerprint density at radius 2 is 1.65 bits per heavy atom. The van der Waals surface area contributed by atoms with E-state index in [4.69, 9.17) is 5.11 Å². The second kappa shape index (κ2) is 5.05. The molecule has 2 aromatic carbocycles. The molecule has 0 heterocycles. The highest BCUT2D eigenvalue weighted by Crippen LogP contribution is 2.28. The maximum atomic E-state index is 12.3. The number of benzene rings is 2. The molecular weight excluding hydrogens is 260 g/mol. The van der Waals surface area contributed by atoms with E-state index in [2.05, 4.69) is 0 Å². The topological polar surface area (TPSA) is 94.8 Å². The number of phenolic OH excluding ortho intramolecular Hbond substituents is 2. The van der Waals surface area contributed by atoms with Crippen LogP contribution in [0, 0.1) is 6.92 Å². The lowest BCUT2D eigenvalue weighted by molar-refractivity contribution is 0.0692. The van der Waals surface area contributed by atoms with Crippen molar-refractivity contribution in [3.8, 4) is 11.5 Å². The Morgan fingerprint density at radius 3 is 2.25 bits per heavy atom. The van der Waals surface area contributed by atoms with Crippen molar-refractivity contribution >= 4 is 11.8 Å². The number of ketones is 1. The zero-order valence-corrected chi connectivity index (χ0v) is 10.6. The molecule has 20 heavy (non-hydrogen) atoms. The van der Waals surface area contributed by atoms with E-state index in [1.807, 2.05) is 0 Å². The number of hydrogen-bond acceptors (Lipinski definition) is 4. The lowest BCUT2D eigenvalue weighted by atomic mass is 9.96. The Morgan fingerprint density at radius 1 is 0.950 bits per heavy atom. The molecule has 0 spiro atoms. The molecule has 0 fully saturated rings. The van der Waals surface area contributed by atoms with Crippen LogP contribution in [0.3, 0.4) is 0 Å². The van der Waals surface area contributed by atoms with Gasteiger partial charge in [0.15, 0.2) is 0 Å². The van der Waals surface area contributed by atoms with Crippen molar-refractivity contribution in [3.63, 3.8) is 0 Å². The van der Waals surface area contributed by atoms with E-state index in [1.54, 1.807) is 13.0 Å². The molecular formula is C15H12O5. The van der Waals surface area contributed by atoms with Crippen molar-refractivity contribution in [2.45, 2.75) is 6.92 Å². The minimum absolute atomic E-state index is 0.0559. The molecule has 0 bridgehead atoms. The molecule has 2 rings (SSSR count). The summed E-state index contributed by atoms with van der Waals surface area (Å²) in [5.41, 5.74) is 0.0588. The first-order valence-corrected chi connectivity index (χ1v) is 5.81. The van der Waals surface area contributed by atoms with Gasteiger partial charge in [0.25, 0.3) is 0 Å². The van der Waals surface area contributed by atoms with Crippen molar-refractivity contribution in [2.75, 3.05) is 0 Å². The molecule has 0 saturated carbocycles. The number of hydrogen-bond donors (Lipinski definition) is 3. The molecule has 0 atom stereocenters. The summed E-state index contributed by atoms with van der Waals surface area (Å²) in [6.07, 6.45) is 0. The van der Waals surface area contributed by atoms with E-state index in [1.165, 1.54) is 30.3 Å². The summed E-state index contributed by atoms with van der Waals surface area (Å²) in [5, 5.41) is 28.6. The lowest BCUT2D eigenvalue weighted by Crippen LogP contribution is -2.10. The van der Waals surface area contributed by atoms with Crippen LogP contribution in [0.1, 0.15) is 31.8 Å². The molecule has 0 unspecified atom stereocenters. The number of carbonyl (C=O) groups is 2. The number of aromatic carboxylic acids is 1. The fraction of sp³-hybridized carbons (Fsp3) is 0.0667. The molecule has 0 saturated heterocycles. The highest BCUT2D eigenvalue weighted by atomic mass is 16.4. The number of carboxylic acids is 1. The van der Waals surface area contributed by atoms with Crippen LogP contribution >= 0.6 is 0 Å². The molecule has 0 aliphatic heterocycles. The van der Waals surface area contributed by atoms with Crippen molar-refractivity contribution in [1.82, 2.24) is 0 Å². The molecule has 5 nitrogen and oxygen atoms in total. The zero-order valence-electron chi connectivity index (χ0n) is 10.6. The maximum Gasteiger partial charge on any atom is 0.336 e. The SMILES string of the molecule is Cc1ccc(C(=O)c2c(O)cccc2C(=O)O)c(O)c1. The summed E-state index contributed by atoms with van der Waals surface area (Å²) < 4.78 is 0. The Bertz CT molecular complexity index is 703. The van der Waals surface area contributed by atoms with Gasteiger partial charge >= 0.3 is 5.97 Å². The van der Waals surface area contributed by atoms with Gasteiger partial charge in [0.1, 0.15) is 11.5 Å². The Kier molecular flexibility index (Phi) is 3.43. The molecule has 0 aromatic heterocycles. The van der Waals surface area contributed by atoms with Crippen LogP contribution in [0.15, 0.2) is 36.4 Å². The van der Waals surface area contributed by atoms with Gasteiger partial charge in [-0.25, -0.2) is 4.79 Å². The summed E-state index contributed by atoms with van der Waals surface area (Å²) in [7, 11) is 0. The number of carboxylic acid groups (broad SMARTS) is 1. The molecule has 0 radical (unpaired) electrons. The monoisotopic (exact) mass is 272 g/mol. The van der Waals surface area contributed by atoms with E-state index in [9.17, 15) is 19.8 Å². The van der Waals surface area contributed by atoms with Gasteiger partial charge in [-0.2, -0.15) is 0 Å². The predicted octanol–water partition coefficient (Wildman–Crippen LogP) is 2.34. The molecule has 0 aliphatic rings. The first-order valence-electron chi connectivity index (χ1n) is 5.81. The van der Waals surface area contributed by atoms with Gasteiger partial charge in [-0.15, -0.1) is 0 Å². The van der Waals surface area contributed by atoms with E-state index in [0.29, 0.717) is 0 Å². The highest BCUT2D eigenvalue weighted by molar-refractivity contribution is 6.17. The Hall–Kier alpha value is -2.82. The normalized spacial score (nSPS) is 10.2. The summed E-state index contributed by atoms with van der Waals surface area (Å²) >= 11 is 0. The third-order valence-corrected chi connectivity index (χ3v) is 2.90. The molecule has 2 aromatic rings. The molecule has 3 N–H and O–H groups in total. The van der Waals surface area contributed by atoms with Crippen LogP contribution < -0.4 is 0 Å². The second-order valence-electron chi connectivity index (χ2n) is 4.35. The summed E-state index contributed by atoms with van der Waals surface area (Å²) in [5.74, 6) is -2.75. The van der Waals surface area contributed by atoms with Crippen LogP contribution in [0.2, 0.25) is 0 Å². The van der Waals surface area contributed by atoms with Gasteiger partial charge in [0.05, 0.1) is 16.7 Å². The van der Waals surface area contributed by atoms with Crippen molar-refractivity contribution in [1.29, 1.82) is 0 Å². The predicted molar refractivity (Wildman–Crippen MR) is 71.3 cm³/mol. The van der Waals surface area contributed by atoms with E-state index >= 15 is 0 Å². The number of aromatic hydroxyl groups is 2. The van der Waals surface area contributed by atoms with Crippen LogP contribution in [-0.4, -0.2) is 27.1 Å². The zero-order chi connectivity index (χ0) is 14.9. The fourth-order valence-electron chi connectivity index (χ4n) is 1.93. The summed E-state index contributed by atoms with van der Waals surface area (Å²) in [4.78, 5) is 23.5. The lowest BCUT2D eigenvalue weighted by Gasteiger charge is -2.09. The minimum Gasteiger partial charge on any atom is -0.507 e. The summed E-state index contributed by atoms with van der Waals surface area (Å²) in [6, 6.07) is 8.20. The van der Waals surface area contributed by atoms with Gasteiger partial charge in [-0.3, -0.25) is 4.79 Å². The Balaban J connectivity index is 2.62. The smallest absolute Gasteiger partial charge is 0.336 e. The molecule has 0 amide bonds. The van der Waals surface area contributed by atoms with Gasteiger partial charge in [0.2, 0.25) is 5.78 Å². The molecule has 102 valence electrons. The van der Waals surface area contributed by atoms with Crippen LogP contribution in [0.25, 0.3) is 0 Å². The van der Waals surface area contributed by atoms with Crippen LogP contribution in [0.4, 0.5) is 0 Å². The average molecular weight is 272 g/mol. The largest absolute Gasteiger partial charge is 0.507 e. The summed E-state index contributed by atoms with van der Waals surface area (Å²) in [6.45, 7) is 1.75. The Labute approximate surface area is 114 Å². The van der Waals surface area contributed by atoms with Gasteiger partial charge < -0.3 is 15.3 Å². The van der Waals surface area contributed by atoms with E-state index in [-0.39, 0.29) is 22.4 Å². The minimum atomic E-state index is -1.32. The van der Waals surface area contributed by atoms with Gasteiger partial charge in [-0.05, 0) is 36.8 Å². The first kappa shape index (κ1) is 13.6. The standard InChI is InChI=1S/C15H12O5/c1-8-5-6-9(12(17)7-8)14(18)13-10(15(19)20)3-2-4-11(13)16/h2-7,16-17H,1H3,(H,19,20).